The van der Waals surface area contributed by atoms with Crippen molar-refractivity contribution in [3.63, 3.8) is 0 Å². The smallest absolute Gasteiger partial charge is 0.282 e. The van der Waals surface area contributed by atoms with Crippen molar-refractivity contribution in [3.05, 3.63) is 81.4 Å². The van der Waals surface area contributed by atoms with Crippen molar-refractivity contribution >= 4 is 46.1 Å². The van der Waals surface area contributed by atoms with Crippen LogP contribution >= 0.6 is 23.4 Å². The maximum absolute atomic E-state index is 13.1. The fraction of sp³-hybridized carbons (Fsp3) is 0.174. The summed E-state index contributed by atoms with van der Waals surface area (Å²) >= 11 is 7.28. The van der Waals surface area contributed by atoms with Crippen molar-refractivity contribution < 1.29 is 9.53 Å². The number of rotatable bonds is 7. The minimum Gasteiger partial charge on any atom is -0.495 e. The van der Waals surface area contributed by atoms with Crippen molar-refractivity contribution in [2.24, 2.45) is 0 Å². The number of carbonyl (C=O) groups excluding carboxylic acids is 1. The van der Waals surface area contributed by atoms with E-state index in [0.29, 0.717) is 28.2 Å². The molecule has 2 aromatic heterocycles. The summed E-state index contributed by atoms with van der Waals surface area (Å²) in [5, 5.41) is 3.57. The molecule has 0 atom stereocenters. The lowest BCUT2D eigenvalue weighted by atomic mass is 10.1. The van der Waals surface area contributed by atoms with Crippen LogP contribution in [0, 0.1) is 6.92 Å². The van der Waals surface area contributed by atoms with E-state index in [2.05, 4.69) is 20.3 Å². The maximum Gasteiger partial charge on any atom is 0.282 e. The van der Waals surface area contributed by atoms with Crippen molar-refractivity contribution in [1.29, 1.82) is 0 Å². The van der Waals surface area contributed by atoms with Gasteiger partial charge >= 0.3 is 0 Å². The second-order valence-electron chi connectivity index (χ2n) is 7.19. The Bertz CT molecular complexity index is 1380. The van der Waals surface area contributed by atoms with Crippen molar-refractivity contribution in [3.8, 4) is 5.75 Å². The van der Waals surface area contributed by atoms with Crippen LogP contribution in [0.4, 0.5) is 5.69 Å². The molecule has 8 nitrogen and oxygen atoms in total. The first kappa shape index (κ1) is 22.8. The number of aryl methyl sites for hydroxylation is 1. The zero-order valence-corrected chi connectivity index (χ0v) is 19.5. The van der Waals surface area contributed by atoms with Crippen molar-refractivity contribution in [2.45, 2.75) is 18.6 Å². The molecule has 0 saturated heterocycles. The van der Waals surface area contributed by atoms with Gasteiger partial charge in [0, 0.05) is 18.1 Å². The zero-order valence-electron chi connectivity index (χ0n) is 17.9. The van der Waals surface area contributed by atoms with Gasteiger partial charge in [-0.15, -0.1) is 0 Å². The molecule has 33 heavy (non-hydrogen) atoms. The highest BCUT2D eigenvalue weighted by Crippen LogP contribution is 2.27. The Morgan fingerprint density at radius 2 is 1.91 bits per heavy atom. The van der Waals surface area contributed by atoms with Crippen molar-refractivity contribution in [2.75, 3.05) is 18.2 Å². The molecular formula is C23H20ClN5O3S. The largest absolute Gasteiger partial charge is 0.495 e. The molecule has 0 aliphatic heterocycles. The first-order chi connectivity index (χ1) is 15.9. The average Bonchev–Trinajstić information content (AvgIpc) is 2.81. The Morgan fingerprint density at radius 1 is 1.15 bits per heavy atom. The molecule has 168 valence electrons. The number of carbonyl (C=O) groups is 1. The van der Waals surface area contributed by atoms with Gasteiger partial charge in [0.15, 0.2) is 16.3 Å². The molecule has 2 heterocycles. The number of nitrogens with one attached hydrogen (secondary N) is 1. The Balaban J connectivity index is 1.58. The predicted octanol–water partition coefficient (Wildman–Crippen LogP) is 3.94. The number of benzene rings is 2. The molecule has 0 saturated carbocycles. The number of hydrogen-bond acceptors (Lipinski definition) is 7. The topological polar surface area (TPSA) is 99.0 Å². The molecular weight excluding hydrogens is 462 g/mol. The molecule has 0 aliphatic carbocycles. The van der Waals surface area contributed by atoms with Crippen LogP contribution in [0.25, 0.3) is 11.2 Å². The zero-order chi connectivity index (χ0) is 23.4. The van der Waals surface area contributed by atoms with Gasteiger partial charge in [0.1, 0.15) is 5.75 Å². The Labute approximate surface area is 199 Å². The molecule has 0 aliphatic rings. The summed E-state index contributed by atoms with van der Waals surface area (Å²) < 4.78 is 6.64. The summed E-state index contributed by atoms with van der Waals surface area (Å²) in [6, 6.07) is 12.9. The number of thioether (sulfide) groups is 1. The number of amides is 1. The number of ether oxygens (including phenoxy) is 1. The first-order valence-corrected chi connectivity index (χ1v) is 11.3. The van der Waals surface area contributed by atoms with Gasteiger partial charge in [-0.2, -0.15) is 0 Å². The van der Waals surface area contributed by atoms with Gasteiger partial charge < -0.3 is 10.1 Å². The number of methoxy groups -OCH3 is 1. The lowest BCUT2D eigenvalue weighted by Crippen LogP contribution is -2.25. The summed E-state index contributed by atoms with van der Waals surface area (Å²) in [4.78, 5) is 38.5. The number of halogens is 1. The van der Waals surface area contributed by atoms with E-state index in [9.17, 15) is 9.59 Å². The SMILES string of the molecule is COc1ccc(NC(=O)CSc2nc3nccnc3c(=O)n2Cc2ccc(C)cc2)cc1Cl. The predicted molar refractivity (Wildman–Crippen MR) is 129 cm³/mol. The van der Waals surface area contributed by atoms with Gasteiger partial charge in [0.25, 0.3) is 5.56 Å². The van der Waals surface area contributed by atoms with Crippen LogP contribution in [0.3, 0.4) is 0 Å². The second kappa shape index (κ2) is 10.0. The summed E-state index contributed by atoms with van der Waals surface area (Å²) in [5.41, 5.74) is 2.73. The highest BCUT2D eigenvalue weighted by Gasteiger charge is 2.15. The quantitative estimate of drug-likeness (QED) is 0.315. The molecule has 0 unspecified atom stereocenters. The van der Waals surface area contributed by atoms with E-state index in [1.54, 1.807) is 18.2 Å². The van der Waals surface area contributed by atoms with Crippen molar-refractivity contribution in [1.82, 2.24) is 19.5 Å². The molecule has 1 amide bonds. The number of fused-ring (bicyclic) bond motifs is 1. The first-order valence-electron chi connectivity index (χ1n) is 9.98. The Morgan fingerprint density at radius 3 is 2.64 bits per heavy atom. The van der Waals surface area contributed by atoms with Gasteiger partial charge in [-0.25, -0.2) is 15.0 Å². The lowest BCUT2D eigenvalue weighted by Gasteiger charge is -2.13. The van der Waals surface area contributed by atoms with E-state index in [1.807, 2.05) is 31.2 Å². The Kier molecular flexibility index (Phi) is 6.90. The fourth-order valence-electron chi connectivity index (χ4n) is 3.13. The van der Waals surface area contributed by atoms with Crippen LogP contribution in [-0.4, -0.2) is 38.3 Å². The molecule has 0 spiro atoms. The van der Waals surface area contributed by atoms with Crippen LogP contribution in [-0.2, 0) is 11.3 Å². The van der Waals surface area contributed by atoms with Gasteiger partial charge in [-0.3, -0.25) is 14.2 Å². The third kappa shape index (κ3) is 5.32. The maximum atomic E-state index is 13.1. The fourth-order valence-corrected chi connectivity index (χ4v) is 4.17. The van der Waals surface area contributed by atoms with Crippen LogP contribution in [0.1, 0.15) is 11.1 Å². The summed E-state index contributed by atoms with van der Waals surface area (Å²) in [7, 11) is 1.52. The number of aromatic nitrogens is 4. The highest BCUT2D eigenvalue weighted by molar-refractivity contribution is 7.99. The van der Waals surface area contributed by atoms with E-state index >= 15 is 0 Å². The third-order valence-corrected chi connectivity index (χ3v) is 6.06. The molecule has 10 heteroatoms. The minimum absolute atomic E-state index is 0.0375. The summed E-state index contributed by atoms with van der Waals surface area (Å²) in [5.74, 6) is 0.290. The van der Waals surface area contributed by atoms with Gasteiger partial charge in [0.2, 0.25) is 5.91 Å². The lowest BCUT2D eigenvalue weighted by molar-refractivity contribution is -0.113. The van der Waals surface area contributed by atoms with E-state index in [0.717, 1.165) is 22.9 Å². The Hall–Kier alpha value is -3.43. The molecule has 1 N–H and O–H groups in total. The van der Waals surface area contributed by atoms with E-state index in [-0.39, 0.29) is 28.4 Å². The summed E-state index contributed by atoms with van der Waals surface area (Å²) in [6.45, 7) is 2.30. The van der Waals surface area contributed by atoms with Crippen LogP contribution in [0.5, 0.6) is 5.75 Å². The average molecular weight is 482 g/mol. The molecule has 4 aromatic rings. The minimum atomic E-state index is -0.307. The second-order valence-corrected chi connectivity index (χ2v) is 8.54. The molecule has 2 aromatic carbocycles. The van der Waals surface area contributed by atoms with E-state index in [4.69, 9.17) is 16.3 Å². The van der Waals surface area contributed by atoms with Gasteiger partial charge in [-0.1, -0.05) is 53.2 Å². The molecule has 0 fully saturated rings. The van der Waals surface area contributed by atoms with Crippen LogP contribution < -0.4 is 15.6 Å². The highest BCUT2D eigenvalue weighted by atomic mass is 35.5. The van der Waals surface area contributed by atoms with E-state index < -0.39 is 0 Å². The number of nitrogens with zero attached hydrogens (tertiary/aromatic N) is 4. The van der Waals surface area contributed by atoms with Crippen LogP contribution in [0.15, 0.2) is 64.8 Å². The molecule has 4 rings (SSSR count). The normalized spacial score (nSPS) is 10.9. The van der Waals surface area contributed by atoms with Gasteiger partial charge in [-0.05, 0) is 30.7 Å². The third-order valence-electron chi connectivity index (χ3n) is 4.79. The summed E-state index contributed by atoms with van der Waals surface area (Å²) in [6.07, 6.45) is 2.94. The van der Waals surface area contributed by atoms with E-state index in [1.165, 1.54) is 24.1 Å². The number of anilines is 1. The standard InChI is InChI=1S/C23H20ClN5O3S/c1-14-3-5-15(6-4-14)12-29-22(31)20-21(26-10-9-25-20)28-23(29)33-13-19(30)27-16-7-8-18(32-2)17(24)11-16/h3-11H,12-13H2,1-2H3,(H,27,30). The number of hydrogen-bond donors (Lipinski definition) is 1. The molecule has 0 bridgehead atoms. The monoisotopic (exact) mass is 481 g/mol. The van der Waals surface area contributed by atoms with Crippen LogP contribution in [0.2, 0.25) is 5.02 Å². The molecule has 0 radical (unpaired) electrons. The van der Waals surface area contributed by atoms with Gasteiger partial charge in [0.05, 0.1) is 24.4 Å².